The van der Waals surface area contributed by atoms with Gasteiger partial charge in [0.05, 0.1) is 5.69 Å². The van der Waals surface area contributed by atoms with Crippen LogP contribution in [-0.4, -0.2) is 59.7 Å². The number of rotatable bonds is 9. The summed E-state index contributed by atoms with van der Waals surface area (Å²) in [6, 6.07) is 2.70. The maximum Gasteiger partial charge on any atom is 0.194 e. The first-order valence-electron chi connectivity index (χ1n) is 10.4. The van der Waals surface area contributed by atoms with Crippen LogP contribution in [0.5, 0.6) is 0 Å². The molecule has 1 aliphatic heterocycles. The molecule has 1 aliphatic rings. The summed E-state index contributed by atoms with van der Waals surface area (Å²) >= 11 is 0. The molecule has 0 radical (unpaired) electrons. The number of nitrogens with one attached hydrogen (secondary N) is 1. The predicted molar refractivity (Wildman–Crippen MR) is 123 cm³/mol. The van der Waals surface area contributed by atoms with Crippen molar-refractivity contribution in [3.05, 3.63) is 17.5 Å². The Labute approximate surface area is 182 Å². The molecule has 0 aromatic carbocycles. The molecule has 1 fully saturated rings. The van der Waals surface area contributed by atoms with Gasteiger partial charge in [-0.3, -0.25) is 4.90 Å². The second-order valence-electron chi connectivity index (χ2n) is 7.01. The molecule has 1 atom stereocenters. The average molecular weight is 491 g/mol. The van der Waals surface area contributed by atoms with Crippen LogP contribution < -0.4 is 5.32 Å². The van der Waals surface area contributed by atoms with Crippen LogP contribution in [0.25, 0.3) is 0 Å². The quantitative estimate of drug-likeness (QED) is 0.321. The fraction of sp³-hybridized carbons (Fsp3) is 0.800. The van der Waals surface area contributed by atoms with Crippen molar-refractivity contribution in [2.24, 2.45) is 4.99 Å². The highest BCUT2D eigenvalue weighted by Gasteiger charge is 2.28. The molecular weight excluding hydrogens is 453 g/mol. The summed E-state index contributed by atoms with van der Waals surface area (Å²) in [6.45, 7) is 16.7. The van der Waals surface area contributed by atoms with Crippen LogP contribution in [0, 0.1) is 0 Å². The van der Waals surface area contributed by atoms with Crippen LogP contribution in [0.2, 0.25) is 0 Å². The van der Waals surface area contributed by atoms with Crippen molar-refractivity contribution in [1.82, 2.24) is 20.3 Å². The number of hydrogen-bond acceptors (Lipinski definition) is 4. The van der Waals surface area contributed by atoms with Crippen LogP contribution in [0.15, 0.2) is 15.6 Å². The minimum absolute atomic E-state index is 0. The van der Waals surface area contributed by atoms with Gasteiger partial charge in [0.25, 0.3) is 0 Å². The zero-order valence-corrected chi connectivity index (χ0v) is 20.0. The average Bonchev–Trinajstić information content (AvgIpc) is 3.31. The van der Waals surface area contributed by atoms with Crippen molar-refractivity contribution in [2.75, 3.05) is 32.7 Å². The van der Waals surface area contributed by atoms with Gasteiger partial charge in [-0.1, -0.05) is 32.9 Å². The fourth-order valence-electron chi connectivity index (χ4n) is 3.85. The lowest BCUT2D eigenvalue weighted by atomic mass is 9.99. The zero-order chi connectivity index (χ0) is 18.9. The molecule has 156 valence electrons. The van der Waals surface area contributed by atoms with E-state index in [0.29, 0.717) is 18.5 Å². The first-order chi connectivity index (χ1) is 12.7. The Morgan fingerprint density at radius 3 is 2.59 bits per heavy atom. The lowest BCUT2D eigenvalue weighted by Gasteiger charge is -2.27. The molecule has 2 rings (SSSR count). The molecule has 7 heteroatoms. The van der Waals surface area contributed by atoms with E-state index >= 15 is 0 Å². The third-order valence-electron chi connectivity index (χ3n) is 5.49. The number of halogens is 1. The molecule has 0 spiro atoms. The first kappa shape index (κ1) is 24.2. The van der Waals surface area contributed by atoms with E-state index in [0.717, 1.165) is 63.0 Å². The zero-order valence-electron chi connectivity index (χ0n) is 17.7. The first-order valence-corrected chi connectivity index (χ1v) is 10.4. The van der Waals surface area contributed by atoms with Crippen molar-refractivity contribution < 1.29 is 4.52 Å². The van der Waals surface area contributed by atoms with Crippen LogP contribution in [0.3, 0.4) is 0 Å². The molecule has 1 unspecified atom stereocenters. The Bertz CT molecular complexity index is 554. The van der Waals surface area contributed by atoms with Crippen LogP contribution in [0.1, 0.15) is 71.3 Å². The Hall–Kier alpha value is -0.830. The standard InChI is InChI=1S/C20H37N5O.HI/c1-6-16(7-2)19-13-18(26-23-19)14-22-20(21-8-3)25-12-11-17(15-25)24(9-4)10-5;/h13,16-17H,6-12,14-15H2,1-5H3,(H,21,22);1H. The maximum absolute atomic E-state index is 5.52. The van der Waals surface area contributed by atoms with Gasteiger partial charge in [0.15, 0.2) is 11.7 Å². The number of nitrogens with zero attached hydrogens (tertiary/aromatic N) is 4. The van der Waals surface area contributed by atoms with Gasteiger partial charge in [0.2, 0.25) is 0 Å². The Balaban J connectivity index is 0.00000364. The van der Waals surface area contributed by atoms with Crippen molar-refractivity contribution in [1.29, 1.82) is 0 Å². The smallest absolute Gasteiger partial charge is 0.194 e. The van der Waals surface area contributed by atoms with E-state index in [9.17, 15) is 0 Å². The van der Waals surface area contributed by atoms with Crippen LogP contribution in [-0.2, 0) is 6.54 Å². The predicted octanol–water partition coefficient (Wildman–Crippen LogP) is 4.08. The summed E-state index contributed by atoms with van der Waals surface area (Å²) in [4.78, 5) is 9.74. The highest BCUT2D eigenvalue weighted by molar-refractivity contribution is 14.0. The van der Waals surface area contributed by atoms with Crippen molar-refractivity contribution in [3.63, 3.8) is 0 Å². The van der Waals surface area contributed by atoms with Gasteiger partial charge in [0, 0.05) is 37.7 Å². The summed E-state index contributed by atoms with van der Waals surface area (Å²) < 4.78 is 5.52. The van der Waals surface area contributed by atoms with Crippen molar-refractivity contribution in [3.8, 4) is 0 Å². The van der Waals surface area contributed by atoms with E-state index in [2.05, 4.69) is 61.0 Å². The van der Waals surface area contributed by atoms with Gasteiger partial charge in [-0.2, -0.15) is 0 Å². The summed E-state index contributed by atoms with van der Waals surface area (Å²) in [5, 5.41) is 7.69. The van der Waals surface area contributed by atoms with Crippen molar-refractivity contribution >= 4 is 29.9 Å². The van der Waals surface area contributed by atoms with Gasteiger partial charge in [-0.05, 0) is 39.3 Å². The van der Waals surface area contributed by atoms with Gasteiger partial charge in [-0.15, -0.1) is 24.0 Å². The van der Waals surface area contributed by atoms with E-state index in [1.54, 1.807) is 0 Å². The fourth-order valence-corrected chi connectivity index (χ4v) is 3.85. The SMILES string of the molecule is CCNC(=NCc1cc(C(CC)CC)no1)N1CCC(N(CC)CC)C1.I. The third-order valence-corrected chi connectivity index (χ3v) is 5.49. The molecule has 0 bridgehead atoms. The van der Waals surface area contributed by atoms with Gasteiger partial charge < -0.3 is 14.7 Å². The molecule has 1 aromatic heterocycles. The monoisotopic (exact) mass is 491 g/mol. The summed E-state index contributed by atoms with van der Waals surface area (Å²) in [5.41, 5.74) is 1.06. The van der Waals surface area contributed by atoms with E-state index in [1.165, 1.54) is 6.42 Å². The Morgan fingerprint density at radius 1 is 1.30 bits per heavy atom. The lowest BCUT2D eigenvalue weighted by molar-refractivity contribution is 0.223. The van der Waals surface area contributed by atoms with Crippen molar-refractivity contribution in [2.45, 2.75) is 72.4 Å². The van der Waals surface area contributed by atoms with Crippen LogP contribution >= 0.6 is 24.0 Å². The second kappa shape index (κ2) is 12.6. The van der Waals surface area contributed by atoms with Gasteiger partial charge in [-0.25, -0.2) is 4.99 Å². The highest BCUT2D eigenvalue weighted by Crippen LogP contribution is 2.23. The number of hydrogen-bond donors (Lipinski definition) is 1. The minimum Gasteiger partial charge on any atom is -0.359 e. The van der Waals surface area contributed by atoms with E-state index < -0.39 is 0 Å². The van der Waals surface area contributed by atoms with Gasteiger partial charge >= 0.3 is 0 Å². The molecule has 1 aromatic rings. The van der Waals surface area contributed by atoms with E-state index in [-0.39, 0.29) is 24.0 Å². The summed E-state index contributed by atoms with van der Waals surface area (Å²) in [7, 11) is 0. The maximum atomic E-state index is 5.52. The molecule has 6 nitrogen and oxygen atoms in total. The van der Waals surface area contributed by atoms with Gasteiger partial charge in [0.1, 0.15) is 6.54 Å². The largest absolute Gasteiger partial charge is 0.359 e. The van der Waals surface area contributed by atoms with E-state index in [1.807, 2.05) is 0 Å². The molecular formula is C20H38IN5O. The molecule has 1 N–H and O–H groups in total. The third kappa shape index (κ3) is 6.62. The Morgan fingerprint density at radius 2 is 2.00 bits per heavy atom. The number of aromatic nitrogens is 1. The number of likely N-dealkylation sites (N-methyl/N-ethyl adjacent to an activating group) is 1. The van der Waals surface area contributed by atoms with E-state index in [4.69, 9.17) is 9.52 Å². The summed E-state index contributed by atoms with van der Waals surface area (Å²) in [5.74, 6) is 2.32. The highest BCUT2D eigenvalue weighted by atomic mass is 127. The molecule has 0 aliphatic carbocycles. The number of guanidine groups is 1. The minimum atomic E-state index is 0. The molecule has 27 heavy (non-hydrogen) atoms. The summed E-state index contributed by atoms with van der Waals surface area (Å²) in [6.07, 6.45) is 3.39. The Kier molecular flexibility index (Phi) is 11.3. The number of likely N-dealkylation sites (tertiary alicyclic amines) is 1. The molecule has 2 heterocycles. The molecule has 0 saturated carbocycles. The molecule has 0 amide bonds. The number of aliphatic imine (C=N–C) groups is 1. The normalized spacial score (nSPS) is 17.7. The second-order valence-corrected chi connectivity index (χ2v) is 7.01. The molecule has 1 saturated heterocycles. The van der Waals surface area contributed by atoms with Crippen LogP contribution in [0.4, 0.5) is 0 Å². The lowest BCUT2D eigenvalue weighted by Crippen LogP contribution is -2.43. The topological polar surface area (TPSA) is 56.9 Å².